The van der Waals surface area contributed by atoms with Gasteiger partial charge in [-0.3, -0.25) is 5.32 Å². The van der Waals surface area contributed by atoms with Crippen molar-refractivity contribution in [2.24, 2.45) is 0 Å². The predicted octanol–water partition coefficient (Wildman–Crippen LogP) is 0.700. The lowest BCUT2D eigenvalue weighted by Crippen LogP contribution is -2.46. The van der Waals surface area contributed by atoms with Crippen LogP contribution < -0.4 is 5.32 Å². The van der Waals surface area contributed by atoms with Crippen molar-refractivity contribution in [2.75, 3.05) is 40.1 Å². The molecule has 0 aliphatic heterocycles. The molecule has 0 heterocycles. The van der Waals surface area contributed by atoms with Gasteiger partial charge in [-0.05, 0) is 19.8 Å². The molecule has 1 aliphatic rings. The molecule has 0 spiro atoms. The minimum atomic E-state index is -0.576. The lowest BCUT2D eigenvalue weighted by molar-refractivity contribution is 0.0146. The average Bonchev–Trinajstić information content (AvgIpc) is 3.12. The van der Waals surface area contributed by atoms with Crippen LogP contribution in [0.15, 0.2) is 0 Å². The van der Waals surface area contributed by atoms with Gasteiger partial charge in [0.1, 0.15) is 5.54 Å². The predicted molar refractivity (Wildman–Crippen MR) is 63.7 cm³/mol. The van der Waals surface area contributed by atoms with Gasteiger partial charge in [0, 0.05) is 13.2 Å². The SMILES string of the molecule is COCCOCCOCC(C)(C#N)NC1CC1. The normalized spacial score (nSPS) is 18.6. The Bertz CT molecular complexity index is 251. The van der Waals surface area contributed by atoms with Gasteiger partial charge < -0.3 is 14.2 Å². The zero-order valence-corrected chi connectivity index (χ0v) is 10.7. The monoisotopic (exact) mass is 242 g/mol. The lowest BCUT2D eigenvalue weighted by Gasteiger charge is -2.22. The van der Waals surface area contributed by atoms with Crippen LogP contribution in [0, 0.1) is 11.3 Å². The van der Waals surface area contributed by atoms with Crippen LogP contribution in [-0.4, -0.2) is 51.7 Å². The molecular formula is C12H22N2O3. The Balaban J connectivity index is 2.01. The van der Waals surface area contributed by atoms with E-state index in [0.717, 1.165) is 12.8 Å². The van der Waals surface area contributed by atoms with Gasteiger partial charge in [0.2, 0.25) is 0 Å². The smallest absolute Gasteiger partial charge is 0.127 e. The third kappa shape index (κ3) is 6.59. The molecule has 0 amide bonds. The first kappa shape index (κ1) is 14.4. The topological polar surface area (TPSA) is 63.5 Å². The summed E-state index contributed by atoms with van der Waals surface area (Å²) in [6, 6.07) is 2.77. The van der Waals surface area contributed by atoms with Crippen molar-refractivity contribution < 1.29 is 14.2 Å². The highest BCUT2D eigenvalue weighted by Gasteiger charge is 2.32. The molecule has 0 aromatic rings. The summed E-state index contributed by atoms with van der Waals surface area (Å²) in [5.41, 5.74) is -0.576. The number of ether oxygens (including phenoxy) is 3. The molecule has 0 aromatic heterocycles. The highest BCUT2D eigenvalue weighted by atomic mass is 16.5. The number of hydrogen-bond donors (Lipinski definition) is 1. The first-order valence-electron chi connectivity index (χ1n) is 6.03. The van der Waals surface area contributed by atoms with Gasteiger partial charge in [-0.2, -0.15) is 5.26 Å². The lowest BCUT2D eigenvalue weighted by atomic mass is 10.1. The molecule has 1 fully saturated rings. The largest absolute Gasteiger partial charge is 0.382 e. The van der Waals surface area contributed by atoms with E-state index in [4.69, 9.17) is 19.5 Å². The summed E-state index contributed by atoms with van der Waals surface area (Å²) in [5, 5.41) is 12.4. The molecule has 1 aliphatic carbocycles. The van der Waals surface area contributed by atoms with Gasteiger partial charge in [0.25, 0.3) is 0 Å². The summed E-state index contributed by atoms with van der Waals surface area (Å²) < 4.78 is 15.6. The second kappa shape index (κ2) is 7.62. The zero-order valence-electron chi connectivity index (χ0n) is 10.7. The minimum Gasteiger partial charge on any atom is -0.382 e. The van der Waals surface area contributed by atoms with Crippen LogP contribution in [0.4, 0.5) is 0 Å². The molecular weight excluding hydrogens is 220 g/mol. The molecule has 98 valence electrons. The molecule has 1 N–H and O–H groups in total. The van der Waals surface area contributed by atoms with E-state index in [9.17, 15) is 0 Å². The number of nitrogens with one attached hydrogen (secondary N) is 1. The fourth-order valence-corrected chi connectivity index (χ4v) is 1.42. The molecule has 0 bridgehead atoms. The van der Waals surface area contributed by atoms with Crippen molar-refractivity contribution in [3.05, 3.63) is 0 Å². The van der Waals surface area contributed by atoms with Crippen LogP contribution >= 0.6 is 0 Å². The van der Waals surface area contributed by atoms with Crippen molar-refractivity contribution in [2.45, 2.75) is 31.3 Å². The first-order valence-corrected chi connectivity index (χ1v) is 6.03. The van der Waals surface area contributed by atoms with Crippen molar-refractivity contribution in [1.29, 1.82) is 5.26 Å². The van der Waals surface area contributed by atoms with Gasteiger partial charge in [0.15, 0.2) is 0 Å². The van der Waals surface area contributed by atoms with Crippen molar-refractivity contribution >= 4 is 0 Å². The molecule has 5 heteroatoms. The Morgan fingerprint density at radius 1 is 1.24 bits per heavy atom. The fourth-order valence-electron chi connectivity index (χ4n) is 1.42. The van der Waals surface area contributed by atoms with E-state index in [2.05, 4.69) is 11.4 Å². The van der Waals surface area contributed by atoms with Crippen LogP contribution in [0.3, 0.4) is 0 Å². The Hall–Kier alpha value is -0.670. The number of methoxy groups -OCH3 is 1. The van der Waals surface area contributed by atoms with E-state index >= 15 is 0 Å². The third-order valence-corrected chi connectivity index (χ3v) is 2.54. The standard InChI is InChI=1S/C12H22N2O3/c1-12(9-13,14-11-3-4-11)10-17-8-7-16-6-5-15-2/h11,14H,3-8,10H2,1-2H3. The van der Waals surface area contributed by atoms with Crippen LogP contribution in [0.1, 0.15) is 19.8 Å². The van der Waals surface area contributed by atoms with Gasteiger partial charge in [0.05, 0.1) is 39.1 Å². The molecule has 5 nitrogen and oxygen atoms in total. The maximum absolute atomic E-state index is 9.09. The van der Waals surface area contributed by atoms with Gasteiger partial charge in [-0.15, -0.1) is 0 Å². The van der Waals surface area contributed by atoms with Crippen molar-refractivity contribution in [3.63, 3.8) is 0 Å². The van der Waals surface area contributed by atoms with Crippen LogP contribution in [0.2, 0.25) is 0 Å². The summed E-state index contributed by atoms with van der Waals surface area (Å²) in [7, 11) is 1.64. The fraction of sp³-hybridized carbons (Fsp3) is 0.917. The Kier molecular flexibility index (Phi) is 6.45. The average molecular weight is 242 g/mol. The summed E-state index contributed by atoms with van der Waals surface area (Å²) in [6.45, 7) is 4.49. The third-order valence-electron chi connectivity index (χ3n) is 2.54. The maximum Gasteiger partial charge on any atom is 0.127 e. The van der Waals surface area contributed by atoms with Gasteiger partial charge in [-0.25, -0.2) is 0 Å². The maximum atomic E-state index is 9.09. The van der Waals surface area contributed by atoms with Crippen molar-refractivity contribution in [1.82, 2.24) is 5.32 Å². The molecule has 1 unspecified atom stereocenters. The second-order valence-electron chi connectivity index (χ2n) is 4.52. The molecule has 0 radical (unpaired) electrons. The van der Waals surface area contributed by atoms with E-state index in [1.807, 2.05) is 6.92 Å². The number of nitrogens with zero attached hydrogens (tertiary/aromatic N) is 1. The summed E-state index contributed by atoms with van der Waals surface area (Å²) in [6.07, 6.45) is 2.33. The summed E-state index contributed by atoms with van der Waals surface area (Å²) >= 11 is 0. The Labute approximate surface area is 103 Å². The molecule has 1 rings (SSSR count). The molecule has 0 saturated heterocycles. The summed E-state index contributed by atoms with van der Waals surface area (Å²) in [5.74, 6) is 0. The number of nitriles is 1. The highest BCUT2D eigenvalue weighted by molar-refractivity contribution is 5.07. The molecule has 1 saturated carbocycles. The molecule has 0 aromatic carbocycles. The summed E-state index contributed by atoms with van der Waals surface area (Å²) in [4.78, 5) is 0. The van der Waals surface area contributed by atoms with Gasteiger partial charge >= 0.3 is 0 Å². The van der Waals surface area contributed by atoms with E-state index in [1.165, 1.54) is 0 Å². The van der Waals surface area contributed by atoms with Gasteiger partial charge in [-0.1, -0.05) is 0 Å². The van der Waals surface area contributed by atoms with Crippen LogP contribution in [0.5, 0.6) is 0 Å². The second-order valence-corrected chi connectivity index (χ2v) is 4.52. The Morgan fingerprint density at radius 3 is 2.47 bits per heavy atom. The Morgan fingerprint density at radius 2 is 1.88 bits per heavy atom. The van der Waals surface area contributed by atoms with Crippen LogP contribution in [-0.2, 0) is 14.2 Å². The van der Waals surface area contributed by atoms with Crippen molar-refractivity contribution in [3.8, 4) is 6.07 Å². The van der Waals surface area contributed by atoms with E-state index in [-0.39, 0.29) is 0 Å². The molecule has 17 heavy (non-hydrogen) atoms. The van der Waals surface area contributed by atoms with Crippen LogP contribution in [0.25, 0.3) is 0 Å². The first-order chi connectivity index (χ1) is 8.20. The number of rotatable bonds is 10. The highest BCUT2D eigenvalue weighted by Crippen LogP contribution is 2.22. The number of hydrogen-bond acceptors (Lipinski definition) is 5. The minimum absolute atomic E-state index is 0.396. The quantitative estimate of drug-likeness (QED) is 0.571. The van der Waals surface area contributed by atoms with E-state index in [0.29, 0.717) is 39.1 Å². The molecule has 1 atom stereocenters. The van der Waals surface area contributed by atoms with E-state index in [1.54, 1.807) is 7.11 Å². The zero-order chi connectivity index (χ0) is 12.6. The van der Waals surface area contributed by atoms with E-state index < -0.39 is 5.54 Å².